The van der Waals surface area contributed by atoms with E-state index in [1.807, 2.05) is 24.3 Å². The number of carbonyl (C=O) groups excluding carboxylic acids is 2. The van der Waals surface area contributed by atoms with Gasteiger partial charge in [0.15, 0.2) is 12.2 Å². The molecule has 118 valence electrons. The van der Waals surface area contributed by atoms with E-state index in [-0.39, 0.29) is 11.9 Å². The highest BCUT2D eigenvalue weighted by atomic mass is 16.2. The zero-order chi connectivity index (χ0) is 16.1. The summed E-state index contributed by atoms with van der Waals surface area (Å²) < 4.78 is 1.72. The number of hydrogen-bond acceptors (Lipinski definition) is 6. The molecule has 2 unspecified atom stereocenters. The number of likely N-dealkylation sites (N-methyl/N-ethyl adjacent to an activating group) is 2. The van der Waals surface area contributed by atoms with Crippen LogP contribution in [-0.4, -0.2) is 74.3 Å². The van der Waals surface area contributed by atoms with Gasteiger partial charge in [-0.05, 0) is 12.1 Å². The molecule has 0 saturated carbocycles. The van der Waals surface area contributed by atoms with E-state index in [9.17, 15) is 9.59 Å². The quantitative estimate of drug-likeness (QED) is 0.776. The van der Waals surface area contributed by atoms with Crippen LogP contribution in [0.4, 0.5) is 4.79 Å². The van der Waals surface area contributed by atoms with Gasteiger partial charge in [-0.2, -0.15) is 0 Å². The minimum absolute atomic E-state index is 0.264. The van der Waals surface area contributed by atoms with E-state index in [1.54, 1.807) is 23.0 Å². The summed E-state index contributed by atoms with van der Waals surface area (Å²) in [5.41, 5.74) is 1.67. The largest absolute Gasteiger partial charge is 0.328 e. The summed E-state index contributed by atoms with van der Waals surface area (Å²) in [4.78, 5) is 33.2. The van der Waals surface area contributed by atoms with E-state index in [0.717, 1.165) is 15.9 Å². The number of carbonyl (C=O) groups is 2. The first-order chi connectivity index (χ1) is 11.1. The first-order valence-corrected chi connectivity index (χ1v) is 7.19. The number of fused-ring (bicyclic) bond motifs is 2. The molecule has 0 spiro atoms. The number of hydrogen-bond donors (Lipinski definition) is 0. The van der Waals surface area contributed by atoms with Gasteiger partial charge in [-0.3, -0.25) is 9.69 Å². The van der Waals surface area contributed by atoms with E-state index in [4.69, 9.17) is 0 Å². The number of aliphatic imine (C=N–C) groups is 1. The minimum Gasteiger partial charge on any atom is -0.327 e. The standard InChI is InChI=1S/C14H15N7O2/c1-18-12-11(13(22)19(2)14(18)23)20(7-15-12)8-21-10-6-4-3-5-9(10)16-17-21/h3-7,11-12H,8H2,1-2H3. The second-order valence-electron chi connectivity index (χ2n) is 5.65. The van der Waals surface area contributed by atoms with Crippen LogP contribution in [0.1, 0.15) is 0 Å². The molecule has 1 aromatic carbocycles. The summed E-state index contributed by atoms with van der Waals surface area (Å²) in [6.45, 7) is 0.340. The maximum atomic E-state index is 12.5. The summed E-state index contributed by atoms with van der Waals surface area (Å²) in [5, 5.41) is 8.24. The second-order valence-corrected chi connectivity index (χ2v) is 5.65. The molecule has 9 heteroatoms. The van der Waals surface area contributed by atoms with Gasteiger partial charge in [0.05, 0.1) is 11.9 Å². The van der Waals surface area contributed by atoms with Crippen molar-refractivity contribution in [2.75, 3.05) is 14.1 Å². The SMILES string of the molecule is CN1C(=O)C2C(N=CN2Cn2nnc3ccccc32)N(C)C1=O. The van der Waals surface area contributed by atoms with Crippen molar-refractivity contribution in [1.29, 1.82) is 0 Å². The fourth-order valence-corrected chi connectivity index (χ4v) is 3.00. The van der Waals surface area contributed by atoms with Crippen LogP contribution in [0, 0.1) is 0 Å². The third-order valence-electron chi connectivity index (χ3n) is 4.29. The van der Waals surface area contributed by atoms with E-state index in [0.29, 0.717) is 6.67 Å². The minimum atomic E-state index is -0.536. The Morgan fingerprint density at radius 1 is 1.17 bits per heavy atom. The van der Waals surface area contributed by atoms with Crippen LogP contribution in [0.2, 0.25) is 0 Å². The number of rotatable bonds is 2. The zero-order valence-electron chi connectivity index (χ0n) is 12.7. The fraction of sp³-hybridized carbons (Fsp3) is 0.357. The van der Waals surface area contributed by atoms with Crippen LogP contribution in [-0.2, 0) is 11.5 Å². The molecule has 3 amide bonds. The highest BCUT2D eigenvalue weighted by Crippen LogP contribution is 2.25. The van der Waals surface area contributed by atoms with Crippen LogP contribution >= 0.6 is 0 Å². The lowest BCUT2D eigenvalue weighted by Crippen LogP contribution is -2.63. The molecule has 4 rings (SSSR count). The van der Waals surface area contributed by atoms with E-state index >= 15 is 0 Å². The van der Waals surface area contributed by atoms with Crippen LogP contribution in [0.5, 0.6) is 0 Å². The Labute approximate surface area is 131 Å². The Hall–Kier alpha value is -2.97. The molecule has 3 heterocycles. The van der Waals surface area contributed by atoms with Crippen molar-refractivity contribution in [2.24, 2.45) is 4.99 Å². The maximum absolute atomic E-state index is 12.5. The lowest BCUT2D eigenvalue weighted by Gasteiger charge is -2.39. The molecular weight excluding hydrogens is 298 g/mol. The van der Waals surface area contributed by atoms with Crippen LogP contribution in [0.25, 0.3) is 11.0 Å². The van der Waals surface area contributed by atoms with Crippen molar-refractivity contribution in [3.8, 4) is 0 Å². The molecule has 1 saturated heterocycles. The first kappa shape index (κ1) is 13.7. The molecular formula is C14H15N7O2. The third kappa shape index (κ3) is 1.89. The summed E-state index contributed by atoms with van der Waals surface area (Å²) in [7, 11) is 3.13. The smallest absolute Gasteiger partial charge is 0.327 e. The normalized spacial score (nSPS) is 24.0. The number of nitrogens with zero attached hydrogens (tertiary/aromatic N) is 7. The summed E-state index contributed by atoms with van der Waals surface area (Å²) in [6, 6.07) is 6.73. The number of imide groups is 1. The van der Waals surface area contributed by atoms with Gasteiger partial charge >= 0.3 is 6.03 Å². The zero-order valence-corrected chi connectivity index (χ0v) is 12.7. The molecule has 0 radical (unpaired) electrons. The molecule has 2 atom stereocenters. The van der Waals surface area contributed by atoms with Crippen LogP contribution in [0.15, 0.2) is 29.3 Å². The van der Waals surface area contributed by atoms with Crippen molar-refractivity contribution >= 4 is 29.3 Å². The van der Waals surface area contributed by atoms with Gasteiger partial charge in [-0.15, -0.1) is 5.10 Å². The van der Waals surface area contributed by atoms with E-state index in [1.165, 1.54) is 11.9 Å². The van der Waals surface area contributed by atoms with Crippen molar-refractivity contribution < 1.29 is 9.59 Å². The third-order valence-corrected chi connectivity index (χ3v) is 4.29. The lowest BCUT2D eigenvalue weighted by molar-refractivity contribution is -0.136. The van der Waals surface area contributed by atoms with Gasteiger partial charge < -0.3 is 9.80 Å². The Balaban J connectivity index is 1.65. The van der Waals surface area contributed by atoms with Gasteiger partial charge in [0.2, 0.25) is 0 Å². The molecule has 0 N–H and O–H groups in total. The number of aromatic nitrogens is 3. The van der Waals surface area contributed by atoms with E-state index < -0.39 is 12.2 Å². The van der Waals surface area contributed by atoms with Crippen molar-refractivity contribution in [3.05, 3.63) is 24.3 Å². The second kappa shape index (κ2) is 4.77. The highest BCUT2D eigenvalue weighted by Gasteiger charge is 2.48. The molecule has 1 fully saturated rings. The van der Waals surface area contributed by atoms with Crippen molar-refractivity contribution in [2.45, 2.75) is 18.9 Å². The molecule has 9 nitrogen and oxygen atoms in total. The van der Waals surface area contributed by atoms with Gasteiger partial charge in [-0.25, -0.2) is 14.5 Å². The molecule has 2 aromatic rings. The number of urea groups is 1. The number of amides is 3. The Morgan fingerprint density at radius 3 is 2.78 bits per heavy atom. The molecule has 2 aliphatic rings. The van der Waals surface area contributed by atoms with Gasteiger partial charge in [0, 0.05) is 14.1 Å². The topological polar surface area (TPSA) is 86.9 Å². The van der Waals surface area contributed by atoms with Gasteiger partial charge in [0.25, 0.3) is 5.91 Å². The molecule has 2 aliphatic heterocycles. The Morgan fingerprint density at radius 2 is 1.96 bits per heavy atom. The Bertz CT molecular complexity index is 829. The molecule has 1 aromatic heterocycles. The van der Waals surface area contributed by atoms with Gasteiger partial charge in [0.1, 0.15) is 12.2 Å². The van der Waals surface area contributed by atoms with E-state index in [2.05, 4.69) is 15.3 Å². The van der Waals surface area contributed by atoms with Crippen LogP contribution in [0.3, 0.4) is 0 Å². The predicted molar refractivity (Wildman–Crippen MR) is 81.4 cm³/mol. The van der Waals surface area contributed by atoms with Crippen molar-refractivity contribution in [1.82, 2.24) is 29.7 Å². The highest BCUT2D eigenvalue weighted by molar-refractivity contribution is 6.01. The Kier molecular flexibility index (Phi) is 2.83. The molecule has 0 bridgehead atoms. The number of para-hydroxylation sites is 1. The summed E-state index contributed by atoms with van der Waals surface area (Å²) in [5.74, 6) is -0.264. The average molecular weight is 313 g/mol. The maximum Gasteiger partial charge on any atom is 0.328 e. The lowest BCUT2D eigenvalue weighted by atomic mass is 10.1. The van der Waals surface area contributed by atoms with Crippen molar-refractivity contribution in [3.63, 3.8) is 0 Å². The predicted octanol–water partition coefficient (Wildman–Crippen LogP) is -0.0488. The number of benzene rings is 1. The molecule has 0 aliphatic carbocycles. The molecule has 23 heavy (non-hydrogen) atoms. The fourth-order valence-electron chi connectivity index (χ4n) is 3.00. The van der Waals surface area contributed by atoms with Crippen LogP contribution < -0.4 is 0 Å². The summed E-state index contributed by atoms with van der Waals surface area (Å²) in [6.07, 6.45) is 1.10. The first-order valence-electron chi connectivity index (χ1n) is 7.19. The monoisotopic (exact) mass is 313 g/mol. The summed E-state index contributed by atoms with van der Waals surface area (Å²) >= 11 is 0. The van der Waals surface area contributed by atoms with Gasteiger partial charge in [-0.1, -0.05) is 17.3 Å². The average Bonchev–Trinajstić information content (AvgIpc) is 3.16.